The molecule has 0 radical (unpaired) electrons. The zero-order valence-corrected chi connectivity index (χ0v) is 13.1. The van der Waals surface area contributed by atoms with Crippen LogP contribution < -0.4 is 4.74 Å². The van der Waals surface area contributed by atoms with Crippen LogP contribution in [0.2, 0.25) is 0 Å². The molecule has 0 aliphatic carbocycles. The molecule has 1 unspecified atom stereocenters. The van der Waals surface area contributed by atoms with Crippen molar-refractivity contribution in [1.29, 1.82) is 0 Å². The third-order valence-corrected chi connectivity index (χ3v) is 3.41. The third kappa shape index (κ3) is 4.62. The molecule has 22 heavy (non-hydrogen) atoms. The van der Waals surface area contributed by atoms with Gasteiger partial charge in [-0.25, -0.2) is 4.79 Å². The highest BCUT2D eigenvalue weighted by Gasteiger charge is 2.13. The highest BCUT2D eigenvalue weighted by Crippen LogP contribution is 2.19. The molecule has 0 aliphatic heterocycles. The molecule has 2 aromatic carbocycles. The van der Waals surface area contributed by atoms with Crippen LogP contribution in [0.25, 0.3) is 0 Å². The van der Waals surface area contributed by atoms with E-state index in [1.807, 2.05) is 37.3 Å². The Morgan fingerprint density at radius 1 is 1.05 bits per heavy atom. The van der Waals surface area contributed by atoms with Crippen molar-refractivity contribution in [1.82, 2.24) is 0 Å². The summed E-state index contributed by atoms with van der Waals surface area (Å²) in [6.07, 6.45) is 1.86. The first-order valence-electron chi connectivity index (χ1n) is 7.69. The van der Waals surface area contributed by atoms with Crippen LogP contribution in [-0.2, 0) is 4.74 Å². The number of carbonyl (C=O) groups excluding carboxylic acids is 1. The van der Waals surface area contributed by atoms with Crippen molar-refractivity contribution in [3.63, 3.8) is 0 Å². The number of unbranched alkanes of at least 4 members (excludes halogenated alkanes) is 1. The molecule has 1 atom stereocenters. The SMILES string of the molecule is CCCCOc1ccc(C(=O)OC(C)c2ccccc2)cc1. The van der Waals surface area contributed by atoms with Crippen molar-refractivity contribution in [2.75, 3.05) is 6.61 Å². The fourth-order valence-corrected chi connectivity index (χ4v) is 2.04. The first-order valence-corrected chi connectivity index (χ1v) is 7.69. The van der Waals surface area contributed by atoms with Gasteiger partial charge in [-0.3, -0.25) is 0 Å². The molecule has 0 N–H and O–H groups in total. The molecule has 2 aromatic rings. The van der Waals surface area contributed by atoms with E-state index >= 15 is 0 Å². The average molecular weight is 298 g/mol. The molecule has 3 nitrogen and oxygen atoms in total. The lowest BCUT2D eigenvalue weighted by molar-refractivity contribution is 0.0338. The van der Waals surface area contributed by atoms with E-state index in [1.54, 1.807) is 24.3 Å². The normalized spacial score (nSPS) is 11.7. The van der Waals surface area contributed by atoms with Gasteiger partial charge in [0.15, 0.2) is 0 Å². The predicted octanol–water partition coefficient (Wildman–Crippen LogP) is 4.78. The van der Waals surface area contributed by atoms with E-state index in [2.05, 4.69) is 6.92 Å². The maximum Gasteiger partial charge on any atom is 0.338 e. The molecule has 2 rings (SSSR count). The number of esters is 1. The first kappa shape index (κ1) is 16.1. The minimum Gasteiger partial charge on any atom is -0.494 e. The summed E-state index contributed by atoms with van der Waals surface area (Å²) in [6, 6.07) is 16.8. The van der Waals surface area contributed by atoms with Crippen molar-refractivity contribution in [3.8, 4) is 5.75 Å². The quantitative estimate of drug-likeness (QED) is 0.545. The van der Waals surface area contributed by atoms with Crippen molar-refractivity contribution >= 4 is 5.97 Å². The second-order valence-electron chi connectivity index (χ2n) is 5.18. The maximum atomic E-state index is 12.1. The molecule has 0 spiro atoms. The second kappa shape index (κ2) is 8.23. The summed E-state index contributed by atoms with van der Waals surface area (Å²) in [7, 11) is 0. The molecule has 0 amide bonds. The van der Waals surface area contributed by atoms with Crippen LogP contribution in [0.15, 0.2) is 54.6 Å². The monoisotopic (exact) mass is 298 g/mol. The summed E-state index contributed by atoms with van der Waals surface area (Å²) in [5.74, 6) is 0.456. The highest BCUT2D eigenvalue weighted by atomic mass is 16.5. The van der Waals surface area contributed by atoms with Gasteiger partial charge in [0.2, 0.25) is 0 Å². The van der Waals surface area contributed by atoms with E-state index < -0.39 is 0 Å². The maximum absolute atomic E-state index is 12.1. The lowest BCUT2D eigenvalue weighted by Gasteiger charge is -2.13. The van der Waals surface area contributed by atoms with Crippen LogP contribution >= 0.6 is 0 Å². The van der Waals surface area contributed by atoms with E-state index in [-0.39, 0.29) is 12.1 Å². The Morgan fingerprint density at radius 3 is 2.36 bits per heavy atom. The van der Waals surface area contributed by atoms with Crippen LogP contribution in [0.4, 0.5) is 0 Å². The largest absolute Gasteiger partial charge is 0.494 e. The Morgan fingerprint density at radius 2 is 1.73 bits per heavy atom. The average Bonchev–Trinajstić information content (AvgIpc) is 2.56. The predicted molar refractivity (Wildman–Crippen MR) is 87.1 cm³/mol. The van der Waals surface area contributed by atoms with Crippen LogP contribution in [0.3, 0.4) is 0 Å². The topological polar surface area (TPSA) is 35.5 Å². The van der Waals surface area contributed by atoms with E-state index in [4.69, 9.17) is 9.47 Å². The molecule has 0 bridgehead atoms. The van der Waals surface area contributed by atoms with Gasteiger partial charge in [-0.05, 0) is 43.2 Å². The summed E-state index contributed by atoms with van der Waals surface area (Å²) >= 11 is 0. The number of benzene rings is 2. The van der Waals surface area contributed by atoms with Gasteiger partial charge in [0.1, 0.15) is 11.9 Å². The fraction of sp³-hybridized carbons (Fsp3) is 0.316. The second-order valence-corrected chi connectivity index (χ2v) is 5.18. The highest BCUT2D eigenvalue weighted by molar-refractivity contribution is 5.89. The van der Waals surface area contributed by atoms with Crippen LogP contribution in [0.1, 0.15) is 48.7 Å². The Kier molecular flexibility index (Phi) is 6.01. The van der Waals surface area contributed by atoms with Crippen LogP contribution in [0.5, 0.6) is 5.75 Å². The van der Waals surface area contributed by atoms with Gasteiger partial charge in [-0.1, -0.05) is 43.7 Å². The molecular weight excluding hydrogens is 276 g/mol. The van der Waals surface area contributed by atoms with Crippen LogP contribution in [0, 0.1) is 0 Å². The molecule has 0 saturated carbocycles. The molecule has 0 heterocycles. The van der Waals surface area contributed by atoms with E-state index in [0.29, 0.717) is 12.2 Å². The molecule has 0 aliphatic rings. The van der Waals surface area contributed by atoms with Crippen molar-refractivity contribution in [2.45, 2.75) is 32.8 Å². The Hall–Kier alpha value is -2.29. The molecule has 116 valence electrons. The zero-order valence-electron chi connectivity index (χ0n) is 13.1. The van der Waals surface area contributed by atoms with Gasteiger partial charge in [0.05, 0.1) is 12.2 Å². The number of ether oxygens (including phenoxy) is 2. The minimum absolute atomic E-state index is 0.269. The number of carbonyl (C=O) groups is 1. The Bertz CT molecular complexity index is 575. The molecular formula is C19H22O3. The summed E-state index contributed by atoms with van der Waals surface area (Å²) < 4.78 is 11.1. The summed E-state index contributed by atoms with van der Waals surface area (Å²) in [6.45, 7) is 4.69. The standard InChI is InChI=1S/C19H22O3/c1-3-4-14-21-18-12-10-17(11-13-18)19(20)22-15(2)16-8-6-5-7-9-16/h5-13,15H,3-4,14H2,1-2H3. The summed E-state index contributed by atoms with van der Waals surface area (Å²) in [5.41, 5.74) is 1.51. The van der Waals surface area contributed by atoms with Crippen molar-refractivity contribution < 1.29 is 14.3 Å². The zero-order chi connectivity index (χ0) is 15.8. The molecule has 3 heteroatoms. The summed E-state index contributed by atoms with van der Waals surface area (Å²) in [5, 5.41) is 0. The van der Waals surface area contributed by atoms with E-state index in [9.17, 15) is 4.79 Å². The molecule has 0 aromatic heterocycles. The molecule has 0 fully saturated rings. The number of hydrogen-bond donors (Lipinski definition) is 0. The fourth-order valence-electron chi connectivity index (χ4n) is 2.04. The lowest BCUT2D eigenvalue weighted by atomic mass is 10.1. The minimum atomic E-state index is -0.323. The van der Waals surface area contributed by atoms with E-state index in [0.717, 1.165) is 24.2 Å². The van der Waals surface area contributed by atoms with Gasteiger partial charge in [0, 0.05) is 0 Å². The van der Waals surface area contributed by atoms with Gasteiger partial charge in [-0.15, -0.1) is 0 Å². The smallest absolute Gasteiger partial charge is 0.338 e. The van der Waals surface area contributed by atoms with Crippen molar-refractivity contribution in [3.05, 3.63) is 65.7 Å². The number of rotatable bonds is 7. The first-order chi connectivity index (χ1) is 10.7. The van der Waals surface area contributed by atoms with Crippen molar-refractivity contribution in [2.24, 2.45) is 0 Å². The Labute approximate surface area is 131 Å². The molecule has 0 saturated heterocycles. The van der Waals surface area contributed by atoms with Gasteiger partial charge in [0.25, 0.3) is 0 Å². The van der Waals surface area contributed by atoms with Gasteiger partial charge >= 0.3 is 5.97 Å². The third-order valence-electron chi connectivity index (χ3n) is 3.41. The van der Waals surface area contributed by atoms with Gasteiger partial charge in [-0.2, -0.15) is 0 Å². The van der Waals surface area contributed by atoms with E-state index in [1.165, 1.54) is 0 Å². The Balaban J connectivity index is 1.92. The lowest BCUT2D eigenvalue weighted by Crippen LogP contribution is -2.09. The number of hydrogen-bond acceptors (Lipinski definition) is 3. The van der Waals surface area contributed by atoms with Crippen LogP contribution in [-0.4, -0.2) is 12.6 Å². The van der Waals surface area contributed by atoms with Gasteiger partial charge < -0.3 is 9.47 Å². The summed E-state index contributed by atoms with van der Waals surface area (Å²) in [4.78, 5) is 12.1.